The number of carbonyl (C=O) groups excluding carboxylic acids is 1. The number of benzene rings is 2. The lowest BCUT2D eigenvalue weighted by Gasteiger charge is -2.34. The monoisotopic (exact) mass is 394 g/mol. The number of piperazine rings is 1. The molecule has 1 aliphatic rings. The lowest BCUT2D eigenvalue weighted by atomic mass is 10.1. The van der Waals surface area contributed by atoms with E-state index in [1.165, 1.54) is 16.8 Å². The van der Waals surface area contributed by atoms with Gasteiger partial charge in [0.25, 0.3) is 0 Å². The molecule has 2 aromatic carbocycles. The first-order chi connectivity index (χ1) is 14.0. The molecular weight excluding hydrogens is 360 g/mol. The van der Waals surface area contributed by atoms with Crippen molar-refractivity contribution in [2.75, 3.05) is 49.5 Å². The third kappa shape index (κ3) is 5.51. The van der Waals surface area contributed by atoms with Crippen LogP contribution in [0.4, 0.5) is 16.2 Å². The van der Waals surface area contributed by atoms with Gasteiger partial charge in [0.05, 0.1) is 0 Å². The quantitative estimate of drug-likeness (QED) is 0.784. The molecule has 5 nitrogen and oxygen atoms in total. The lowest BCUT2D eigenvalue weighted by Crippen LogP contribution is -2.49. The molecule has 1 N–H and O–H groups in total. The highest BCUT2D eigenvalue weighted by Gasteiger charge is 2.21. The number of urea groups is 1. The number of aryl methyl sites for hydroxylation is 2. The van der Waals surface area contributed by atoms with Crippen molar-refractivity contribution in [2.24, 2.45) is 0 Å². The molecule has 156 valence electrons. The summed E-state index contributed by atoms with van der Waals surface area (Å²) in [5.74, 6) is 0. The van der Waals surface area contributed by atoms with Gasteiger partial charge in [-0.05, 0) is 57.0 Å². The first-order valence-electron chi connectivity index (χ1n) is 10.7. The van der Waals surface area contributed by atoms with Crippen LogP contribution in [0.15, 0.2) is 42.5 Å². The van der Waals surface area contributed by atoms with Crippen molar-refractivity contribution in [3.05, 3.63) is 59.2 Å². The second kappa shape index (κ2) is 9.79. The van der Waals surface area contributed by atoms with E-state index in [-0.39, 0.29) is 6.03 Å². The molecule has 3 rings (SSSR count). The van der Waals surface area contributed by atoms with E-state index in [1.54, 1.807) is 0 Å². The standard InChI is InChI=1S/C24H34N4O/c1-5-27(6-2)22-11-12-23(20(4)17-22)25-24(29)28-15-13-26(14-16-28)18-21-9-7-19(3)8-10-21/h7-12,17H,5-6,13-16,18H2,1-4H3,(H,25,29). The van der Waals surface area contributed by atoms with Crippen molar-refractivity contribution in [1.82, 2.24) is 9.80 Å². The van der Waals surface area contributed by atoms with Crippen molar-refractivity contribution >= 4 is 17.4 Å². The Morgan fingerprint density at radius 2 is 1.62 bits per heavy atom. The Morgan fingerprint density at radius 3 is 2.21 bits per heavy atom. The van der Waals surface area contributed by atoms with E-state index in [9.17, 15) is 4.79 Å². The summed E-state index contributed by atoms with van der Waals surface area (Å²) in [6, 6.07) is 15.0. The van der Waals surface area contributed by atoms with Gasteiger partial charge in [-0.25, -0.2) is 4.79 Å². The Hall–Kier alpha value is -2.53. The average molecular weight is 395 g/mol. The number of hydrogen-bond donors (Lipinski definition) is 1. The van der Waals surface area contributed by atoms with Crippen LogP contribution < -0.4 is 10.2 Å². The molecule has 29 heavy (non-hydrogen) atoms. The second-order valence-corrected chi connectivity index (χ2v) is 7.85. The molecule has 1 heterocycles. The molecule has 1 aliphatic heterocycles. The highest BCUT2D eigenvalue weighted by Crippen LogP contribution is 2.23. The van der Waals surface area contributed by atoms with Crippen LogP contribution in [0, 0.1) is 13.8 Å². The summed E-state index contributed by atoms with van der Waals surface area (Å²) < 4.78 is 0. The zero-order valence-electron chi connectivity index (χ0n) is 18.2. The molecule has 2 aromatic rings. The first-order valence-corrected chi connectivity index (χ1v) is 10.7. The number of amides is 2. The van der Waals surface area contributed by atoms with Crippen LogP contribution in [0.5, 0.6) is 0 Å². The number of rotatable bonds is 6. The van der Waals surface area contributed by atoms with Crippen LogP contribution in [0.2, 0.25) is 0 Å². The normalized spacial score (nSPS) is 14.7. The fourth-order valence-corrected chi connectivity index (χ4v) is 3.83. The maximum absolute atomic E-state index is 12.7. The van der Waals surface area contributed by atoms with Crippen molar-refractivity contribution in [1.29, 1.82) is 0 Å². The summed E-state index contributed by atoms with van der Waals surface area (Å²) in [6.45, 7) is 14.7. The molecule has 0 aliphatic carbocycles. The zero-order chi connectivity index (χ0) is 20.8. The molecule has 0 radical (unpaired) electrons. The van der Waals surface area contributed by atoms with E-state index in [4.69, 9.17) is 0 Å². The summed E-state index contributed by atoms with van der Waals surface area (Å²) in [7, 11) is 0. The van der Waals surface area contributed by atoms with E-state index in [0.29, 0.717) is 0 Å². The van der Waals surface area contributed by atoms with E-state index in [1.807, 2.05) is 11.0 Å². The Kier molecular flexibility index (Phi) is 7.15. The van der Waals surface area contributed by atoms with Crippen LogP contribution in [0.25, 0.3) is 0 Å². The minimum absolute atomic E-state index is 0.00123. The molecule has 0 unspecified atom stereocenters. The second-order valence-electron chi connectivity index (χ2n) is 7.85. The Labute approximate surface area is 175 Å². The van der Waals surface area contributed by atoms with Gasteiger partial charge in [-0.2, -0.15) is 0 Å². The summed E-state index contributed by atoms with van der Waals surface area (Å²) in [6.07, 6.45) is 0. The Bertz CT molecular complexity index is 806. The van der Waals surface area contributed by atoms with Gasteiger partial charge in [0, 0.05) is 57.2 Å². The highest BCUT2D eigenvalue weighted by molar-refractivity contribution is 5.90. The highest BCUT2D eigenvalue weighted by atomic mass is 16.2. The fraction of sp³-hybridized carbons (Fsp3) is 0.458. The minimum Gasteiger partial charge on any atom is -0.372 e. The van der Waals surface area contributed by atoms with E-state index >= 15 is 0 Å². The van der Waals surface area contributed by atoms with Gasteiger partial charge in [-0.1, -0.05) is 29.8 Å². The predicted octanol–water partition coefficient (Wildman–Crippen LogP) is 4.50. The smallest absolute Gasteiger partial charge is 0.321 e. The summed E-state index contributed by atoms with van der Waals surface area (Å²) >= 11 is 0. The molecule has 5 heteroatoms. The number of anilines is 2. The van der Waals surface area contributed by atoms with Gasteiger partial charge in [0.2, 0.25) is 0 Å². The molecule has 0 atom stereocenters. The number of nitrogens with zero attached hydrogens (tertiary/aromatic N) is 3. The third-order valence-corrected chi connectivity index (χ3v) is 5.77. The SMILES string of the molecule is CCN(CC)c1ccc(NC(=O)N2CCN(Cc3ccc(C)cc3)CC2)c(C)c1. The predicted molar refractivity (Wildman–Crippen MR) is 122 cm³/mol. The molecule has 1 fully saturated rings. The Morgan fingerprint density at radius 1 is 0.966 bits per heavy atom. The minimum atomic E-state index is -0.00123. The van der Waals surface area contributed by atoms with Gasteiger partial charge in [-0.3, -0.25) is 4.90 Å². The van der Waals surface area contributed by atoms with E-state index in [0.717, 1.165) is 57.1 Å². The molecule has 0 aromatic heterocycles. The molecule has 0 saturated carbocycles. The maximum Gasteiger partial charge on any atom is 0.321 e. The molecule has 0 bridgehead atoms. The number of nitrogens with one attached hydrogen (secondary N) is 1. The third-order valence-electron chi connectivity index (χ3n) is 5.77. The van der Waals surface area contributed by atoms with Gasteiger partial charge in [0.15, 0.2) is 0 Å². The van der Waals surface area contributed by atoms with Crippen LogP contribution in [-0.2, 0) is 6.54 Å². The molecule has 0 spiro atoms. The fourth-order valence-electron chi connectivity index (χ4n) is 3.83. The number of carbonyl (C=O) groups is 1. The molecule has 1 saturated heterocycles. The van der Waals surface area contributed by atoms with E-state index < -0.39 is 0 Å². The van der Waals surface area contributed by atoms with Crippen LogP contribution in [-0.4, -0.2) is 55.1 Å². The number of hydrogen-bond acceptors (Lipinski definition) is 3. The van der Waals surface area contributed by atoms with Crippen LogP contribution in [0.1, 0.15) is 30.5 Å². The maximum atomic E-state index is 12.7. The summed E-state index contributed by atoms with van der Waals surface area (Å²) in [5, 5.41) is 3.10. The summed E-state index contributed by atoms with van der Waals surface area (Å²) in [4.78, 5) is 19.4. The average Bonchev–Trinajstić information content (AvgIpc) is 2.73. The van der Waals surface area contributed by atoms with Gasteiger partial charge < -0.3 is 15.1 Å². The van der Waals surface area contributed by atoms with Crippen LogP contribution >= 0.6 is 0 Å². The van der Waals surface area contributed by atoms with Gasteiger partial charge >= 0.3 is 6.03 Å². The van der Waals surface area contributed by atoms with Gasteiger partial charge in [-0.15, -0.1) is 0 Å². The summed E-state index contributed by atoms with van der Waals surface area (Å²) in [5.41, 5.74) is 5.82. The van der Waals surface area contributed by atoms with Crippen molar-refractivity contribution in [2.45, 2.75) is 34.2 Å². The topological polar surface area (TPSA) is 38.8 Å². The van der Waals surface area contributed by atoms with Crippen molar-refractivity contribution < 1.29 is 4.79 Å². The first kappa shape index (κ1) is 21.2. The lowest BCUT2D eigenvalue weighted by molar-refractivity contribution is 0.143. The molecule has 2 amide bonds. The van der Waals surface area contributed by atoms with Crippen LogP contribution in [0.3, 0.4) is 0 Å². The zero-order valence-corrected chi connectivity index (χ0v) is 18.2. The van der Waals surface area contributed by atoms with Gasteiger partial charge in [0.1, 0.15) is 0 Å². The Balaban J connectivity index is 1.52. The van der Waals surface area contributed by atoms with Crippen molar-refractivity contribution in [3.63, 3.8) is 0 Å². The largest absolute Gasteiger partial charge is 0.372 e. The van der Waals surface area contributed by atoms with E-state index in [2.05, 4.69) is 79.2 Å². The van der Waals surface area contributed by atoms with Crippen molar-refractivity contribution in [3.8, 4) is 0 Å². The molecular formula is C24H34N4O.